The molecule has 0 amide bonds. The molecular weight excluding hydrogens is 224 g/mol. The molecule has 1 aliphatic rings. The van der Waals surface area contributed by atoms with E-state index in [1.165, 1.54) is 6.92 Å². The number of carbonyl (C=O) groups excluding carboxylic acids is 1. The summed E-state index contributed by atoms with van der Waals surface area (Å²) in [5, 5.41) is 3.58. The van der Waals surface area contributed by atoms with Gasteiger partial charge < -0.3 is 14.0 Å². The quantitative estimate of drug-likeness (QED) is 0.733. The fourth-order valence-corrected chi connectivity index (χ4v) is 1.51. The number of Topliss-reactive ketones (excluding diaryl/α,β-unsaturated/α-hetero) is 1. The smallest absolute Gasteiger partial charge is 0.258 e. The Morgan fingerprint density at radius 2 is 2.12 bits per heavy atom. The van der Waals surface area contributed by atoms with E-state index in [0.717, 1.165) is 0 Å². The standard InChI is InChI=1S/C11H8N2O4/c1-6(14)10-12-11(17-13-10)7-2-3-8-9(4-7)16-5-15-8/h2-4H,5H2,1H3. The van der Waals surface area contributed by atoms with Gasteiger partial charge in [0.15, 0.2) is 11.5 Å². The molecule has 1 aromatic carbocycles. The number of nitrogens with zero attached hydrogens (tertiary/aromatic N) is 2. The first kappa shape index (κ1) is 9.83. The summed E-state index contributed by atoms with van der Waals surface area (Å²) in [7, 11) is 0. The number of aromatic nitrogens is 2. The number of rotatable bonds is 2. The maximum absolute atomic E-state index is 11.0. The van der Waals surface area contributed by atoms with Crippen LogP contribution in [-0.4, -0.2) is 22.7 Å². The first-order valence-corrected chi connectivity index (χ1v) is 4.99. The van der Waals surface area contributed by atoms with Crippen LogP contribution in [0.3, 0.4) is 0 Å². The van der Waals surface area contributed by atoms with E-state index >= 15 is 0 Å². The SMILES string of the molecule is CC(=O)c1noc(-c2ccc3c(c2)OCO3)n1. The van der Waals surface area contributed by atoms with E-state index < -0.39 is 0 Å². The molecule has 0 saturated heterocycles. The fourth-order valence-electron chi connectivity index (χ4n) is 1.51. The van der Waals surface area contributed by atoms with Gasteiger partial charge in [0.1, 0.15) is 0 Å². The van der Waals surface area contributed by atoms with Crippen LogP contribution in [0.5, 0.6) is 11.5 Å². The fraction of sp³-hybridized carbons (Fsp3) is 0.182. The number of carbonyl (C=O) groups is 1. The molecule has 0 N–H and O–H groups in total. The number of ketones is 1. The molecule has 0 atom stereocenters. The molecular formula is C11H8N2O4. The van der Waals surface area contributed by atoms with Crippen LogP contribution in [-0.2, 0) is 0 Å². The van der Waals surface area contributed by atoms with Gasteiger partial charge in [-0.3, -0.25) is 4.79 Å². The van der Waals surface area contributed by atoms with Crippen LogP contribution in [0.15, 0.2) is 22.7 Å². The Bertz CT molecular complexity index is 591. The molecule has 0 unspecified atom stereocenters. The number of hydrogen-bond donors (Lipinski definition) is 0. The minimum Gasteiger partial charge on any atom is -0.454 e. The third-order valence-corrected chi connectivity index (χ3v) is 2.36. The van der Waals surface area contributed by atoms with Crippen LogP contribution < -0.4 is 9.47 Å². The van der Waals surface area contributed by atoms with Crippen LogP contribution in [0, 0.1) is 0 Å². The summed E-state index contributed by atoms with van der Waals surface area (Å²) in [6.45, 7) is 1.59. The molecule has 6 nitrogen and oxygen atoms in total. The van der Waals surface area contributed by atoms with E-state index in [1.807, 2.05) is 0 Å². The Kier molecular flexibility index (Phi) is 2.07. The largest absolute Gasteiger partial charge is 0.454 e. The van der Waals surface area contributed by atoms with E-state index in [9.17, 15) is 4.79 Å². The van der Waals surface area contributed by atoms with E-state index in [0.29, 0.717) is 17.1 Å². The minimum atomic E-state index is -0.235. The van der Waals surface area contributed by atoms with Gasteiger partial charge in [0.2, 0.25) is 18.4 Å². The Morgan fingerprint density at radius 1 is 1.29 bits per heavy atom. The first-order chi connectivity index (χ1) is 8.24. The zero-order valence-electron chi connectivity index (χ0n) is 8.97. The maximum Gasteiger partial charge on any atom is 0.258 e. The van der Waals surface area contributed by atoms with Crippen LogP contribution >= 0.6 is 0 Å². The topological polar surface area (TPSA) is 74.5 Å². The number of ether oxygens (including phenoxy) is 2. The van der Waals surface area contributed by atoms with Gasteiger partial charge in [-0.25, -0.2) is 0 Å². The lowest BCUT2D eigenvalue weighted by Crippen LogP contribution is -1.94. The van der Waals surface area contributed by atoms with Crippen molar-refractivity contribution in [2.75, 3.05) is 6.79 Å². The molecule has 0 saturated carbocycles. The monoisotopic (exact) mass is 232 g/mol. The molecule has 1 aromatic heterocycles. The Labute approximate surface area is 96.2 Å². The third-order valence-electron chi connectivity index (χ3n) is 2.36. The summed E-state index contributed by atoms with van der Waals surface area (Å²) in [6.07, 6.45) is 0. The number of benzene rings is 1. The van der Waals surface area contributed by atoms with Gasteiger partial charge >= 0.3 is 0 Å². The van der Waals surface area contributed by atoms with Crippen molar-refractivity contribution in [1.29, 1.82) is 0 Å². The minimum absolute atomic E-state index is 0.0673. The summed E-state index contributed by atoms with van der Waals surface area (Å²) in [5.41, 5.74) is 0.689. The van der Waals surface area contributed by atoms with Crippen LogP contribution in [0.2, 0.25) is 0 Å². The molecule has 86 valence electrons. The highest BCUT2D eigenvalue weighted by atomic mass is 16.7. The zero-order valence-corrected chi connectivity index (χ0v) is 8.97. The molecule has 17 heavy (non-hydrogen) atoms. The van der Waals surface area contributed by atoms with Crippen LogP contribution in [0.4, 0.5) is 0 Å². The van der Waals surface area contributed by atoms with Crippen LogP contribution in [0.25, 0.3) is 11.5 Å². The van der Waals surface area contributed by atoms with Crippen molar-refractivity contribution in [3.8, 4) is 23.0 Å². The van der Waals surface area contributed by atoms with Gasteiger partial charge in [0.25, 0.3) is 5.89 Å². The van der Waals surface area contributed by atoms with Crippen molar-refractivity contribution >= 4 is 5.78 Å². The second-order valence-electron chi connectivity index (χ2n) is 3.55. The van der Waals surface area contributed by atoms with E-state index in [4.69, 9.17) is 14.0 Å². The highest BCUT2D eigenvalue weighted by molar-refractivity contribution is 5.90. The molecule has 0 radical (unpaired) electrons. The Hall–Kier alpha value is -2.37. The van der Waals surface area contributed by atoms with Crippen molar-refractivity contribution in [1.82, 2.24) is 10.1 Å². The lowest BCUT2D eigenvalue weighted by Gasteiger charge is -1.97. The van der Waals surface area contributed by atoms with Gasteiger partial charge in [0.05, 0.1) is 0 Å². The van der Waals surface area contributed by atoms with Gasteiger partial charge in [-0.2, -0.15) is 4.98 Å². The van der Waals surface area contributed by atoms with Crippen molar-refractivity contribution in [2.45, 2.75) is 6.92 Å². The molecule has 2 heterocycles. The molecule has 2 aromatic rings. The Balaban J connectivity index is 2.00. The van der Waals surface area contributed by atoms with Crippen molar-refractivity contribution in [2.24, 2.45) is 0 Å². The van der Waals surface area contributed by atoms with Gasteiger partial charge in [-0.05, 0) is 18.2 Å². The molecule has 3 rings (SSSR count). The molecule has 0 fully saturated rings. The highest BCUT2D eigenvalue weighted by Gasteiger charge is 2.17. The van der Waals surface area contributed by atoms with E-state index in [2.05, 4.69) is 10.1 Å². The second kappa shape index (κ2) is 3.58. The molecule has 0 aliphatic carbocycles. The molecule has 1 aliphatic heterocycles. The normalized spacial score (nSPS) is 12.8. The second-order valence-corrected chi connectivity index (χ2v) is 3.55. The summed E-state index contributed by atoms with van der Waals surface area (Å²) < 4.78 is 15.4. The molecule has 0 bridgehead atoms. The first-order valence-electron chi connectivity index (χ1n) is 4.99. The number of hydrogen-bond acceptors (Lipinski definition) is 6. The average Bonchev–Trinajstić information content (AvgIpc) is 2.97. The van der Waals surface area contributed by atoms with Crippen molar-refractivity contribution < 1.29 is 18.8 Å². The summed E-state index contributed by atoms with van der Waals surface area (Å²) >= 11 is 0. The molecule has 6 heteroatoms. The lowest BCUT2D eigenvalue weighted by molar-refractivity contribution is 0.100. The molecule has 0 spiro atoms. The summed E-state index contributed by atoms with van der Waals surface area (Å²) in [5.74, 6) is 1.43. The lowest BCUT2D eigenvalue weighted by atomic mass is 10.2. The predicted molar refractivity (Wildman–Crippen MR) is 55.9 cm³/mol. The highest BCUT2D eigenvalue weighted by Crippen LogP contribution is 2.35. The van der Waals surface area contributed by atoms with Gasteiger partial charge in [0, 0.05) is 12.5 Å². The predicted octanol–water partition coefficient (Wildman–Crippen LogP) is 1.67. The third kappa shape index (κ3) is 1.63. The van der Waals surface area contributed by atoms with Gasteiger partial charge in [-0.1, -0.05) is 5.16 Å². The van der Waals surface area contributed by atoms with Crippen LogP contribution in [0.1, 0.15) is 17.5 Å². The maximum atomic E-state index is 11.0. The van der Waals surface area contributed by atoms with E-state index in [1.54, 1.807) is 18.2 Å². The van der Waals surface area contributed by atoms with E-state index in [-0.39, 0.29) is 24.3 Å². The van der Waals surface area contributed by atoms with Crippen molar-refractivity contribution in [3.63, 3.8) is 0 Å². The van der Waals surface area contributed by atoms with Gasteiger partial charge in [-0.15, -0.1) is 0 Å². The number of fused-ring (bicyclic) bond motifs is 1. The zero-order chi connectivity index (χ0) is 11.8. The van der Waals surface area contributed by atoms with Crippen molar-refractivity contribution in [3.05, 3.63) is 24.0 Å². The summed E-state index contributed by atoms with van der Waals surface area (Å²) in [6, 6.07) is 5.26. The Morgan fingerprint density at radius 3 is 2.88 bits per heavy atom. The average molecular weight is 232 g/mol. The summed E-state index contributed by atoms with van der Waals surface area (Å²) in [4.78, 5) is 15.0.